The summed E-state index contributed by atoms with van der Waals surface area (Å²) < 4.78 is 1.89. The smallest absolute Gasteiger partial charge is 0.308 e. The van der Waals surface area contributed by atoms with Gasteiger partial charge in [-0.1, -0.05) is 41.9 Å². The standard InChI is InChI=1S/C22H19ClN4O/c1-14-21-19(7-4-8-20(21)27(2)26-14)15-9-11-17(12-10-15)24-22(28)25-18-6-3-5-16(23)13-18/h3-13H,1-2H3,(H2,24,25,28). The highest BCUT2D eigenvalue weighted by Gasteiger charge is 2.11. The van der Waals surface area contributed by atoms with Crippen molar-refractivity contribution in [2.45, 2.75) is 6.92 Å². The zero-order chi connectivity index (χ0) is 19.7. The third-order valence-corrected chi connectivity index (χ3v) is 4.82. The van der Waals surface area contributed by atoms with Crippen LogP contribution in [0.15, 0.2) is 66.7 Å². The summed E-state index contributed by atoms with van der Waals surface area (Å²) in [6.07, 6.45) is 0. The van der Waals surface area contributed by atoms with Crippen LogP contribution in [-0.4, -0.2) is 15.8 Å². The summed E-state index contributed by atoms with van der Waals surface area (Å²) in [4.78, 5) is 12.2. The molecule has 0 aliphatic heterocycles. The summed E-state index contributed by atoms with van der Waals surface area (Å²) in [6, 6.07) is 20.7. The second-order valence-electron chi connectivity index (χ2n) is 6.58. The number of aryl methyl sites for hydroxylation is 2. The molecule has 4 aromatic rings. The SMILES string of the molecule is Cc1nn(C)c2cccc(-c3ccc(NC(=O)Nc4cccc(Cl)c4)cc3)c12. The van der Waals surface area contributed by atoms with Crippen molar-refractivity contribution >= 4 is 39.9 Å². The van der Waals surface area contributed by atoms with Gasteiger partial charge < -0.3 is 10.6 Å². The fraction of sp³-hybridized carbons (Fsp3) is 0.0909. The zero-order valence-electron chi connectivity index (χ0n) is 15.5. The minimum Gasteiger partial charge on any atom is -0.308 e. The van der Waals surface area contributed by atoms with Gasteiger partial charge in [0, 0.05) is 28.8 Å². The maximum Gasteiger partial charge on any atom is 0.323 e. The normalized spacial score (nSPS) is 10.8. The fourth-order valence-electron chi connectivity index (χ4n) is 3.35. The highest BCUT2D eigenvalue weighted by atomic mass is 35.5. The maximum atomic E-state index is 12.2. The van der Waals surface area contributed by atoms with Crippen molar-refractivity contribution < 1.29 is 4.79 Å². The van der Waals surface area contributed by atoms with Crippen molar-refractivity contribution in [3.05, 3.63) is 77.4 Å². The number of carbonyl (C=O) groups is 1. The number of halogens is 1. The van der Waals surface area contributed by atoms with E-state index in [-0.39, 0.29) is 6.03 Å². The molecule has 0 bridgehead atoms. The number of urea groups is 1. The van der Waals surface area contributed by atoms with E-state index in [4.69, 9.17) is 11.6 Å². The van der Waals surface area contributed by atoms with Gasteiger partial charge in [0.1, 0.15) is 0 Å². The first kappa shape index (κ1) is 18.1. The molecule has 0 aliphatic carbocycles. The van der Waals surface area contributed by atoms with Gasteiger partial charge in [-0.2, -0.15) is 5.10 Å². The van der Waals surface area contributed by atoms with Gasteiger partial charge in [-0.05, 0) is 54.4 Å². The van der Waals surface area contributed by atoms with E-state index in [0.29, 0.717) is 16.4 Å². The molecule has 0 aliphatic rings. The largest absolute Gasteiger partial charge is 0.323 e. The lowest BCUT2D eigenvalue weighted by molar-refractivity contribution is 0.262. The number of hydrogen-bond donors (Lipinski definition) is 2. The lowest BCUT2D eigenvalue weighted by Gasteiger charge is -2.09. The Kier molecular flexibility index (Phi) is 4.75. The van der Waals surface area contributed by atoms with Crippen LogP contribution in [0.2, 0.25) is 5.02 Å². The molecule has 1 aromatic heterocycles. The molecule has 5 nitrogen and oxygen atoms in total. The van der Waals surface area contributed by atoms with Crippen molar-refractivity contribution in [1.82, 2.24) is 9.78 Å². The summed E-state index contributed by atoms with van der Waals surface area (Å²) in [6.45, 7) is 2.02. The summed E-state index contributed by atoms with van der Waals surface area (Å²) in [7, 11) is 1.95. The third-order valence-electron chi connectivity index (χ3n) is 4.59. The molecule has 3 aromatic carbocycles. The Hall–Kier alpha value is -3.31. The Bertz CT molecular complexity index is 1170. The molecular formula is C22H19ClN4O. The van der Waals surface area contributed by atoms with Gasteiger partial charge in [-0.25, -0.2) is 4.79 Å². The molecule has 0 fully saturated rings. The van der Waals surface area contributed by atoms with Crippen LogP contribution in [0.25, 0.3) is 22.0 Å². The molecule has 0 radical (unpaired) electrons. The Labute approximate surface area is 167 Å². The van der Waals surface area contributed by atoms with Crippen LogP contribution < -0.4 is 10.6 Å². The van der Waals surface area contributed by atoms with Crippen molar-refractivity contribution in [2.75, 3.05) is 10.6 Å². The van der Waals surface area contributed by atoms with E-state index in [1.807, 2.05) is 49.0 Å². The van der Waals surface area contributed by atoms with Crippen molar-refractivity contribution in [3.63, 3.8) is 0 Å². The van der Waals surface area contributed by atoms with Gasteiger partial charge in [0.15, 0.2) is 0 Å². The van der Waals surface area contributed by atoms with E-state index in [9.17, 15) is 4.79 Å². The summed E-state index contributed by atoms with van der Waals surface area (Å²) in [5.41, 5.74) is 5.63. The zero-order valence-corrected chi connectivity index (χ0v) is 16.3. The van der Waals surface area contributed by atoms with Gasteiger partial charge in [-0.15, -0.1) is 0 Å². The Balaban J connectivity index is 1.54. The van der Waals surface area contributed by atoms with Crippen LogP contribution >= 0.6 is 11.6 Å². The predicted molar refractivity (Wildman–Crippen MR) is 115 cm³/mol. The molecule has 140 valence electrons. The second kappa shape index (κ2) is 7.37. The Morgan fingerprint density at radius 2 is 1.68 bits per heavy atom. The quantitative estimate of drug-likeness (QED) is 0.461. The molecule has 0 saturated heterocycles. The lowest BCUT2D eigenvalue weighted by Crippen LogP contribution is -2.19. The molecule has 0 spiro atoms. The topological polar surface area (TPSA) is 59.0 Å². The van der Waals surface area contributed by atoms with Gasteiger partial charge >= 0.3 is 6.03 Å². The van der Waals surface area contributed by atoms with Crippen LogP contribution in [0.4, 0.5) is 16.2 Å². The van der Waals surface area contributed by atoms with Crippen LogP contribution in [0, 0.1) is 6.92 Å². The number of aromatic nitrogens is 2. The van der Waals surface area contributed by atoms with Crippen LogP contribution in [-0.2, 0) is 7.05 Å². The number of nitrogens with one attached hydrogen (secondary N) is 2. The predicted octanol–water partition coefficient (Wildman–Crippen LogP) is 5.85. The number of anilines is 2. The second-order valence-corrected chi connectivity index (χ2v) is 7.01. The van der Waals surface area contributed by atoms with Crippen molar-refractivity contribution in [1.29, 1.82) is 0 Å². The first-order valence-corrected chi connectivity index (χ1v) is 9.25. The Morgan fingerprint density at radius 3 is 2.43 bits per heavy atom. The number of benzene rings is 3. The van der Waals surface area contributed by atoms with E-state index in [1.54, 1.807) is 24.3 Å². The molecular weight excluding hydrogens is 372 g/mol. The molecule has 0 unspecified atom stereocenters. The molecule has 2 N–H and O–H groups in total. The average Bonchev–Trinajstić information content (AvgIpc) is 2.96. The van der Waals surface area contributed by atoms with Crippen LogP contribution in [0.5, 0.6) is 0 Å². The van der Waals surface area contributed by atoms with E-state index in [1.165, 1.54) is 0 Å². The molecule has 28 heavy (non-hydrogen) atoms. The summed E-state index contributed by atoms with van der Waals surface area (Å²) in [5, 5.41) is 11.8. The van der Waals surface area contributed by atoms with E-state index < -0.39 is 0 Å². The highest BCUT2D eigenvalue weighted by Crippen LogP contribution is 2.31. The number of rotatable bonds is 3. The molecule has 0 atom stereocenters. The molecule has 1 heterocycles. The van der Waals surface area contributed by atoms with Gasteiger partial charge in [0.2, 0.25) is 0 Å². The van der Waals surface area contributed by atoms with Crippen LogP contribution in [0.3, 0.4) is 0 Å². The maximum absolute atomic E-state index is 12.2. The monoisotopic (exact) mass is 390 g/mol. The van der Waals surface area contributed by atoms with Crippen molar-refractivity contribution in [2.24, 2.45) is 7.05 Å². The van der Waals surface area contributed by atoms with Crippen molar-refractivity contribution in [3.8, 4) is 11.1 Å². The summed E-state index contributed by atoms with van der Waals surface area (Å²) >= 11 is 5.94. The highest BCUT2D eigenvalue weighted by molar-refractivity contribution is 6.30. The Morgan fingerprint density at radius 1 is 0.964 bits per heavy atom. The summed E-state index contributed by atoms with van der Waals surface area (Å²) in [5.74, 6) is 0. The number of hydrogen-bond acceptors (Lipinski definition) is 2. The minimum absolute atomic E-state index is 0.319. The molecule has 6 heteroatoms. The van der Waals surface area contributed by atoms with Gasteiger partial charge in [-0.3, -0.25) is 4.68 Å². The average molecular weight is 391 g/mol. The first-order valence-electron chi connectivity index (χ1n) is 8.87. The molecule has 0 saturated carbocycles. The molecule has 4 rings (SSSR count). The van der Waals surface area contributed by atoms with E-state index in [0.717, 1.165) is 27.7 Å². The third kappa shape index (κ3) is 3.57. The number of nitrogens with zero attached hydrogens (tertiary/aromatic N) is 2. The number of carbonyl (C=O) groups excluding carboxylic acids is 1. The van der Waals surface area contributed by atoms with Gasteiger partial charge in [0.05, 0.1) is 11.2 Å². The first-order chi connectivity index (χ1) is 13.5. The van der Waals surface area contributed by atoms with E-state index in [2.05, 4.69) is 27.9 Å². The lowest BCUT2D eigenvalue weighted by atomic mass is 10.00. The van der Waals surface area contributed by atoms with Crippen LogP contribution in [0.1, 0.15) is 5.69 Å². The fourth-order valence-corrected chi connectivity index (χ4v) is 3.54. The minimum atomic E-state index is -0.319. The van der Waals surface area contributed by atoms with E-state index >= 15 is 0 Å². The number of amides is 2. The number of fused-ring (bicyclic) bond motifs is 1. The van der Waals surface area contributed by atoms with Gasteiger partial charge in [0.25, 0.3) is 0 Å². The molecule has 2 amide bonds.